The molecule has 1 fully saturated rings. The van der Waals surface area contributed by atoms with E-state index in [2.05, 4.69) is 5.10 Å². The Labute approximate surface area is 153 Å². The van der Waals surface area contributed by atoms with Gasteiger partial charge in [0.2, 0.25) is 0 Å². The molecule has 1 amide bonds. The predicted molar refractivity (Wildman–Crippen MR) is 98.5 cm³/mol. The Kier molecular flexibility index (Phi) is 4.85. The number of carboxylic acid groups (broad SMARTS) is 1. The van der Waals surface area contributed by atoms with Gasteiger partial charge in [0.25, 0.3) is 5.91 Å². The molecular formula is C20H25N3O3. The molecule has 1 atom stereocenters. The van der Waals surface area contributed by atoms with Crippen molar-refractivity contribution >= 4 is 11.9 Å². The standard InChI is InChI=1S/C20H25N3O3/c1-20(2,3)17-16(13-23(21-17)15-9-5-4-6-10-15)18(24)22-11-7-8-14(12-22)19(25)26/h4-6,9-10,13-14H,7-8,11-12H2,1-3H3,(H,25,26). The molecule has 0 aliphatic carbocycles. The summed E-state index contributed by atoms with van der Waals surface area (Å²) in [6, 6.07) is 9.67. The molecule has 1 aromatic heterocycles. The molecule has 1 unspecified atom stereocenters. The fraction of sp³-hybridized carbons (Fsp3) is 0.450. The quantitative estimate of drug-likeness (QED) is 0.918. The SMILES string of the molecule is CC(C)(C)c1nn(-c2ccccc2)cc1C(=O)N1CCCC(C(=O)O)C1. The smallest absolute Gasteiger partial charge is 0.308 e. The van der Waals surface area contributed by atoms with Crippen LogP contribution in [-0.4, -0.2) is 44.8 Å². The van der Waals surface area contributed by atoms with Gasteiger partial charge in [-0.15, -0.1) is 0 Å². The van der Waals surface area contributed by atoms with Crippen LogP contribution in [-0.2, 0) is 10.2 Å². The monoisotopic (exact) mass is 355 g/mol. The number of nitrogens with zero attached hydrogens (tertiary/aromatic N) is 3. The molecule has 1 aliphatic rings. The first-order chi connectivity index (χ1) is 12.3. The second-order valence-corrected chi connectivity index (χ2v) is 7.85. The number of amides is 1. The van der Waals surface area contributed by atoms with Crippen LogP contribution in [0.5, 0.6) is 0 Å². The molecule has 1 aromatic carbocycles. The van der Waals surface area contributed by atoms with Crippen LogP contribution in [0, 0.1) is 5.92 Å². The van der Waals surface area contributed by atoms with E-state index in [4.69, 9.17) is 0 Å². The Hall–Kier alpha value is -2.63. The number of carbonyl (C=O) groups is 2. The summed E-state index contributed by atoms with van der Waals surface area (Å²) in [6.07, 6.45) is 3.09. The number of carboxylic acids is 1. The number of carbonyl (C=O) groups excluding carboxylic acids is 1. The third kappa shape index (κ3) is 3.64. The zero-order chi connectivity index (χ0) is 18.9. The molecule has 0 saturated carbocycles. The summed E-state index contributed by atoms with van der Waals surface area (Å²) >= 11 is 0. The number of para-hydroxylation sites is 1. The number of benzene rings is 1. The molecule has 3 rings (SSSR count). The summed E-state index contributed by atoms with van der Waals surface area (Å²) in [4.78, 5) is 26.1. The maximum atomic E-state index is 13.2. The Bertz CT molecular complexity index is 805. The zero-order valence-electron chi connectivity index (χ0n) is 15.5. The van der Waals surface area contributed by atoms with Crippen LogP contribution in [0.25, 0.3) is 5.69 Å². The second-order valence-electron chi connectivity index (χ2n) is 7.85. The average molecular weight is 355 g/mol. The average Bonchev–Trinajstić information content (AvgIpc) is 3.08. The second kappa shape index (κ2) is 6.94. The number of rotatable bonds is 3. The highest BCUT2D eigenvalue weighted by molar-refractivity contribution is 5.96. The number of hydrogen-bond acceptors (Lipinski definition) is 3. The van der Waals surface area contributed by atoms with Gasteiger partial charge in [0.05, 0.1) is 22.9 Å². The van der Waals surface area contributed by atoms with Gasteiger partial charge in [-0.1, -0.05) is 39.0 Å². The molecule has 1 N–H and O–H groups in total. The van der Waals surface area contributed by atoms with Crippen molar-refractivity contribution in [3.63, 3.8) is 0 Å². The number of hydrogen-bond donors (Lipinski definition) is 1. The van der Waals surface area contributed by atoms with Gasteiger partial charge >= 0.3 is 5.97 Å². The van der Waals surface area contributed by atoms with Crippen molar-refractivity contribution in [1.82, 2.24) is 14.7 Å². The van der Waals surface area contributed by atoms with Crippen LogP contribution in [0.1, 0.15) is 49.7 Å². The molecule has 1 aliphatic heterocycles. The maximum absolute atomic E-state index is 13.2. The minimum atomic E-state index is -0.835. The van der Waals surface area contributed by atoms with E-state index >= 15 is 0 Å². The summed E-state index contributed by atoms with van der Waals surface area (Å²) in [6.45, 7) is 6.92. The van der Waals surface area contributed by atoms with Gasteiger partial charge in [0, 0.05) is 24.7 Å². The third-order valence-corrected chi connectivity index (χ3v) is 4.73. The first kappa shape index (κ1) is 18.2. The molecule has 1 saturated heterocycles. The van der Waals surface area contributed by atoms with Crippen molar-refractivity contribution in [3.8, 4) is 5.69 Å². The summed E-state index contributed by atoms with van der Waals surface area (Å²) in [5.41, 5.74) is 1.86. The summed E-state index contributed by atoms with van der Waals surface area (Å²) in [7, 11) is 0. The van der Waals surface area contributed by atoms with Crippen LogP contribution in [0.2, 0.25) is 0 Å². The van der Waals surface area contributed by atoms with E-state index in [9.17, 15) is 14.7 Å². The van der Waals surface area contributed by atoms with E-state index in [1.165, 1.54) is 0 Å². The molecule has 2 heterocycles. The van der Waals surface area contributed by atoms with E-state index < -0.39 is 11.9 Å². The third-order valence-electron chi connectivity index (χ3n) is 4.73. The molecule has 26 heavy (non-hydrogen) atoms. The number of piperidine rings is 1. The van der Waals surface area contributed by atoms with Crippen LogP contribution in [0.3, 0.4) is 0 Å². The number of aromatic nitrogens is 2. The largest absolute Gasteiger partial charge is 0.481 e. The van der Waals surface area contributed by atoms with E-state index in [0.29, 0.717) is 24.9 Å². The Balaban J connectivity index is 1.96. The lowest BCUT2D eigenvalue weighted by Crippen LogP contribution is -2.42. The van der Waals surface area contributed by atoms with Gasteiger partial charge in [-0.05, 0) is 25.0 Å². The molecule has 6 nitrogen and oxygen atoms in total. The predicted octanol–water partition coefficient (Wildman–Crippen LogP) is 3.11. The number of aliphatic carboxylic acids is 1. The van der Waals surface area contributed by atoms with E-state index in [0.717, 1.165) is 11.4 Å². The summed E-state index contributed by atoms with van der Waals surface area (Å²) < 4.78 is 1.73. The fourth-order valence-electron chi connectivity index (χ4n) is 3.33. The maximum Gasteiger partial charge on any atom is 0.308 e. The minimum Gasteiger partial charge on any atom is -0.481 e. The topological polar surface area (TPSA) is 75.4 Å². The zero-order valence-corrected chi connectivity index (χ0v) is 15.5. The van der Waals surface area contributed by atoms with E-state index in [1.54, 1.807) is 15.8 Å². The minimum absolute atomic E-state index is 0.136. The molecule has 2 aromatic rings. The van der Waals surface area contributed by atoms with Crippen molar-refractivity contribution < 1.29 is 14.7 Å². The highest BCUT2D eigenvalue weighted by Crippen LogP contribution is 2.28. The molecule has 0 radical (unpaired) electrons. The van der Waals surface area contributed by atoms with Gasteiger partial charge in [-0.25, -0.2) is 4.68 Å². The van der Waals surface area contributed by atoms with Crippen LogP contribution < -0.4 is 0 Å². The normalized spacial score (nSPS) is 18.0. The lowest BCUT2D eigenvalue weighted by atomic mass is 9.89. The van der Waals surface area contributed by atoms with Gasteiger partial charge < -0.3 is 10.0 Å². The lowest BCUT2D eigenvalue weighted by Gasteiger charge is -2.31. The first-order valence-electron chi connectivity index (χ1n) is 8.95. The number of likely N-dealkylation sites (tertiary alicyclic amines) is 1. The van der Waals surface area contributed by atoms with Crippen LogP contribution in [0.15, 0.2) is 36.5 Å². The van der Waals surface area contributed by atoms with Gasteiger partial charge in [0.15, 0.2) is 0 Å². The highest BCUT2D eigenvalue weighted by Gasteiger charge is 2.33. The Morgan fingerprint density at radius 2 is 1.88 bits per heavy atom. The molecule has 0 bridgehead atoms. The van der Waals surface area contributed by atoms with Crippen LogP contribution in [0.4, 0.5) is 0 Å². The van der Waals surface area contributed by atoms with Crippen molar-refractivity contribution in [2.45, 2.75) is 39.0 Å². The van der Waals surface area contributed by atoms with E-state index in [1.807, 2.05) is 51.1 Å². The van der Waals surface area contributed by atoms with Crippen molar-refractivity contribution in [3.05, 3.63) is 47.8 Å². The van der Waals surface area contributed by atoms with Crippen molar-refractivity contribution in [2.24, 2.45) is 5.92 Å². The summed E-state index contributed by atoms with van der Waals surface area (Å²) in [5.74, 6) is -1.46. The molecule has 6 heteroatoms. The van der Waals surface area contributed by atoms with E-state index in [-0.39, 0.29) is 17.9 Å². The lowest BCUT2D eigenvalue weighted by molar-refractivity contribution is -0.143. The van der Waals surface area contributed by atoms with Gasteiger partial charge in [0.1, 0.15) is 0 Å². The molecule has 138 valence electrons. The van der Waals surface area contributed by atoms with Gasteiger partial charge in [-0.2, -0.15) is 5.10 Å². The fourth-order valence-corrected chi connectivity index (χ4v) is 3.33. The highest BCUT2D eigenvalue weighted by atomic mass is 16.4. The molecular weight excluding hydrogens is 330 g/mol. The molecule has 0 spiro atoms. The van der Waals surface area contributed by atoms with Crippen LogP contribution >= 0.6 is 0 Å². The van der Waals surface area contributed by atoms with Crippen molar-refractivity contribution in [2.75, 3.05) is 13.1 Å². The van der Waals surface area contributed by atoms with Gasteiger partial charge in [-0.3, -0.25) is 9.59 Å². The summed E-state index contributed by atoms with van der Waals surface area (Å²) in [5, 5.41) is 14.0. The van der Waals surface area contributed by atoms with Crippen molar-refractivity contribution in [1.29, 1.82) is 0 Å². The Morgan fingerprint density at radius 1 is 1.19 bits per heavy atom. The first-order valence-corrected chi connectivity index (χ1v) is 8.95. The Morgan fingerprint density at radius 3 is 2.50 bits per heavy atom.